The van der Waals surface area contributed by atoms with Gasteiger partial charge < -0.3 is 14.8 Å². The summed E-state index contributed by atoms with van der Waals surface area (Å²) in [7, 11) is 1.24. The minimum Gasteiger partial charge on any atom is -0.481 e. The lowest BCUT2D eigenvalue weighted by atomic mass is 10.2. The average Bonchev–Trinajstić information content (AvgIpc) is 2.59. The molecule has 0 atom stereocenters. The molecule has 0 spiro atoms. The Labute approximate surface area is 146 Å². The average molecular weight is 395 g/mol. The summed E-state index contributed by atoms with van der Waals surface area (Å²) in [5.74, 6) is -0.433. The number of esters is 1. The summed E-state index contributed by atoms with van der Waals surface area (Å²) in [6, 6.07) is 12.4. The Hall–Kier alpha value is -2.61. The van der Waals surface area contributed by atoms with Crippen LogP contribution >= 0.6 is 15.9 Å². The van der Waals surface area contributed by atoms with Gasteiger partial charge in [0, 0.05) is 0 Å². The number of nitrogens with one attached hydrogen (secondary N) is 1. The van der Waals surface area contributed by atoms with E-state index in [1.807, 2.05) is 30.3 Å². The molecule has 2 aromatic rings. The van der Waals surface area contributed by atoms with Gasteiger partial charge in [0.1, 0.15) is 18.8 Å². The van der Waals surface area contributed by atoms with Crippen LogP contribution in [0.15, 0.2) is 46.9 Å². The Balaban J connectivity index is 2.27. The maximum absolute atomic E-state index is 11.5. The van der Waals surface area contributed by atoms with E-state index in [4.69, 9.17) is 4.74 Å². The molecular weight excluding hydrogens is 380 g/mol. The van der Waals surface area contributed by atoms with E-state index in [-0.39, 0.29) is 30.3 Å². The fourth-order valence-electron chi connectivity index (χ4n) is 1.98. The molecule has 0 aliphatic rings. The number of methoxy groups -OCH3 is 1. The number of hydrogen-bond acceptors (Lipinski definition) is 6. The number of anilines is 1. The maximum atomic E-state index is 11.5. The number of ether oxygens (including phenoxy) is 2. The van der Waals surface area contributed by atoms with E-state index in [1.165, 1.54) is 13.2 Å². The van der Waals surface area contributed by atoms with Gasteiger partial charge in [0.2, 0.25) is 5.75 Å². The summed E-state index contributed by atoms with van der Waals surface area (Å²) in [4.78, 5) is 22.2. The molecule has 0 aliphatic carbocycles. The van der Waals surface area contributed by atoms with Gasteiger partial charge in [-0.15, -0.1) is 0 Å². The second-order valence-electron chi connectivity index (χ2n) is 4.73. The number of benzene rings is 2. The minimum absolute atomic E-state index is 0.0960. The Morgan fingerprint density at radius 3 is 2.58 bits per heavy atom. The number of nitro groups is 1. The predicted molar refractivity (Wildman–Crippen MR) is 92.1 cm³/mol. The first kappa shape index (κ1) is 17.7. The molecular formula is C16H15BrN2O5. The zero-order valence-electron chi connectivity index (χ0n) is 12.8. The number of halogens is 1. The van der Waals surface area contributed by atoms with Crippen molar-refractivity contribution in [2.75, 3.05) is 19.0 Å². The molecule has 0 unspecified atom stereocenters. The normalized spacial score (nSPS) is 10.1. The van der Waals surface area contributed by atoms with E-state index in [0.717, 1.165) is 5.56 Å². The second-order valence-corrected chi connectivity index (χ2v) is 5.59. The first-order valence-electron chi connectivity index (χ1n) is 6.97. The molecule has 0 radical (unpaired) electrons. The van der Waals surface area contributed by atoms with Gasteiger partial charge >= 0.3 is 11.7 Å². The second kappa shape index (κ2) is 8.30. The highest BCUT2D eigenvalue weighted by Gasteiger charge is 2.24. The smallest absolute Gasteiger partial charge is 0.334 e. The molecule has 0 heterocycles. The van der Waals surface area contributed by atoms with Gasteiger partial charge in [-0.2, -0.15) is 0 Å². The van der Waals surface area contributed by atoms with Gasteiger partial charge in [0.25, 0.3) is 0 Å². The molecule has 24 heavy (non-hydrogen) atoms. The summed E-state index contributed by atoms with van der Waals surface area (Å²) >= 11 is 3.27. The summed E-state index contributed by atoms with van der Waals surface area (Å²) in [5.41, 5.74) is 0.812. The topological polar surface area (TPSA) is 90.7 Å². The van der Waals surface area contributed by atoms with Crippen molar-refractivity contribution in [2.45, 2.75) is 6.61 Å². The monoisotopic (exact) mass is 394 g/mol. The zero-order chi connectivity index (χ0) is 17.5. The number of carbonyl (C=O) groups is 1. The van der Waals surface area contributed by atoms with Gasteiger partial charge in [0.05, 0.1) is 16.5 Å². The van der Waals surface area contributed by atoms with E-state index < -0.39 is 10.9 Å². The number of rotatable bonds is 7. The third kappa shape index (κ3) is 4.45. The van der Waals surface area contributed by atoms with Gasteiger partial charge in [-0.3, -0.25) is 14.9 Å². The highest BCUT2D eigenvalue weighted by molar-refractivity contribution is 9.10. The lowest BCUT2D eigenvalue weighted by molar-refractivity contribution is -0.385. The number of nitro benzene ring substituents is 1. The van der Waals surface area contributed by atoms with Crippen LogP contribution < -0.4 is 10.1 Å². The van der Waals surface area contributed by atoms with E-state index in [1.54, 1.807) is 6.07 Å². The Morgan fingerprint density at radius 2 is 1.96 bits per heavy atom. The van der Waals surface area contributed by atoms with Crippen LogP contribution in [-0.4, -0.2) is 24.5 Å². The summed E-state index contributed by atoms with van der Waals surface area (Å²) < 4.78 is 10.6. The SMILES string of the molecule is COC(=O)CNc1ccc(Br)c(OCc2ccccc2)c1[N+](=O)[O-]. The molecule has 2 rings (SSSR count). The fraction of sp³-hybridized carbons (Fsp3) is 0.188. The summed E-state index contributed by atoms with van der Waals surface area (Å²) in [5, 5.41) is 14.2. The number of hydrogen-bond donors (Lipinski definition) is 1. The third-order valence-electron chi connectivity index (χ3n) is 3.14. The predicted octanol–water partition coefficient (Wildman–Crippen LogP) is 3.52. The van der Waals surface area contributed by atoms with E-state index in [2.05, 4.69) is 26.0 Å². The molecule has 1 N–H and O–H groups in total. The van der Waals surface area contributed by atoms with E-state index in [0.29, 0.717) is 4.47 Å². The van der Waals surface area contributed by atoms with Crippen molar-refractivity contribution < 1.29 is 19.2 Å². The molecule has 0 aliphatic heterocycles. The van der Waals surface area contributed by atoms with Crippen LogP contribution in [0.3, 0.4) is 0 Å². The Bertz CT molecular complexity index is 737. The summed E-state index contributed by atoms with van der Waals surface area (Å²) in [6.45, 7) is -0.00215. The molecule has 0 saturated carbocycles. The van der Waals surface area contributed by atoms with E-state index >= 15 is 0 Å². The van der Waals surface area contributed by atoms with Crippen LogP contribution in [0.5, 0.6) is 5.75 Å². The lowest BCUT2D eigenvalue weighted by Gasteiger charge is -2.12. The van der Waals surface area contributed by atoms with Crippen LogP contribution in [0.25, 0.3) is 0 Å². The van der Waals surface area contributed by atoms with Gasteiger partial charge in [-0.1, -0.05) is 30.3 Å². The van der Waals surface area contributed by atoms with Gasteiger partial charge in [0.15, 0.2) is 0 Å². The molecule has 0 amide bonds. The summed E-state index contributed by atoms with van der Waals surface area (Å²) in [6.07, 6.45) is 0. The minimum atomic E-state index is -0.551. The highest BCUT2D eigenvalue weighted by atomic mass is 79.9. The van der Waals surface area contributed by atoms with Crippen LogP contribution in [0.4, 0.5) is 11.4 Å². The van der Waals surface area contributed by atoms with Crippen molar-refractivity contribution in [3.05, 3.63) is 62.6 Å². The first-order chi connectivity index (χ1) is 11.5. The Morgan fingerprint density at radius 1 is 1.25 bits per heavy atom. The molecule has 7 nitrogen and oxygen atoms in total. The van der Waals surface area contributed by atoms with Gasteiger partial charge in [-0.05, 0) is 33.6 Å². The van der Waals surface area contributed by atoms with Crippen molar-refractivity contribution in [2.24, 2.45) is 0 Å². The molecule has 0 fully saturated rings. The van der Waals surface area contributed by atoms with Crippen molar-refractivity contribution >= 4 is 33.3 Å². The van der Waals surface area contributed by atoms with Crippen LogP contribution in [-0.2, 0) is 16.1 Å². The van der Waals surface area contributed by atoms with Crippen molar-refractivity contribution in [3.8, 4) is 5.75 Å². The molecule has 126 valence electrons. The molecule has 0 aromatic heterocycles. The molecule has 0 saturated heterocycles. The molecule has 0 bridgehead atoms. The van der Waals surface area contributed by atoms with Crippen LogP contribution in [0.1, 0.15) is 5.56 Å². The van der Waals surface area contributed by atoms with Crippen molar-refractivity contribution in [1.82, 2.24) is 0 Å². The zero-order valence-corrected chi connectivity index (χ0v) is 14.4. The van der Waals surface area contributed by atoms with Crippen LogP contribution in [0, 0.1) is 10.1 Å². The van der Waals surface area contributed by atoms with Gasteiger partial charge in [-0.25, -0.2) is 0 Å². The first-order valence-corrected chi connectivity index (χ1v) is 7.76. The standard InChI is InChI=1S/C16H15BrN2O5/c1-23-14(20)9-18-13-8-7-12(17)16(15(13)19(21)22)24-10-11-5-3-2-4-6-11/h2-8,18H,9-10H2,1H3. The molecule has 2 aromatic carbocycles. The van der Waals surface area contributed by atoms with Crippen molar-refractivity contribution in [3.63, 3.8) is 0 Å². The number of nitrogens with zero attached hydrogens (tertiary/aromatic N) is 1. The van der Waals surface area contributed by atoms with Crippen LogP contribution in [0.2, 0.25) is 0 Å². The lowest BCUT2D eigenvalue weighted by Crippen LogP contribution is -2.16. The quantitative estimate of drug-likeness (QED) is 0.438. The largest absolute Gasteiger partial charge is 0.481 e. The third-order valence-corrected chi connectivity index (χ3v) is 3.77. The van der Waals surface area contributed by atoms with E-state index in [9.17, 15) is 14.9 Å². The number of carbonyl (C=O) groups excluding carboxylic acids is 1. The maximum Gasteiger partial charge on any atom is 0.334 e. The molecule has 8 heteroatoms. The van der Waals surface area contributed by atoms with Crippen molar-refractivity contribution in [1.29, 1.82) is 0 Å². The highest BCUT2D eigenvalue weighted by Crippen LogP contribution is 2.41. The fourth-order valence-corrected chi connectivity index (χ4v) is 2.41. The Kier molecular flexibility index (Phi) is 6.14.